The fourth-order valence-electron chi connectivity index (χ4n) is 5.14. The molecule has 1 fully saturated rings. The third-order valence-corrected chi connectivity index (χ3v) is 6.90. The maximum atomic E-state index is 12.9. The number of carbonyl (C=O) groups excluding carboxylic acids is 2. The number of fused-ring (bicyclic) bond motifs is 3. The number of benzene rings is 2. The van der Waals surface area contributed by atoms with Crippen molar-refractivity contribution in [1.29, 1.82) is 0 Å². The van der Waals surface area contributed by atoms with Crippen LogP contribution in [0.3, 0.4) is 0 Å². The van der Waals surface area contributed by atoms with Crippen molar-refractivity contribution in [1.82, 2.24) is 10.6 Å². The highest BCUT2D eigenvalue weighted by Gasteiger charge is 2.39. The van der Waals surface area contributed by atoms with Crippen LogP contribution in [0.1, 0.15) is 57.1 Å². The van der Waals surface area contributed by atoms with Crippen molar-refractivity contribution in [2.75, 3.05) is 6.61 Å². The molecule has 3 N–H and O–H groups in total. The van der Waals surface area contributed by atoms with Gasteiger partial charge >= 0.3 is 12.1 Å². The van der Waals surface area contributed by atoms with E-state index < -0.39 is 29.4 Å². The minimum Gasteiger partial charge on any atom is -0.480 e. The van der Waals surface area contributed by atoms with Gasteiger partial charge in [0, 0.05) is 12.0 Å². The van der Waals surface area contributed by atoms with Crippen molar-refractivity contribution in [2.24, 2.45) is 11.3 Å². The number of hydrogen-bond acceptors (Lipinski definition) is 4. The van der Waals surface area contributed by atoms with Crippen LogP contribution in [0, 0.1) is 11.3 Å². The fourth-order valence-corrected chi connectivity index (χ4v) is 5.14. The lowest BCUT2D eigenvalue weighted by molar-refractivity contribution is -0.145. The van der Waals surface area contributed by atoms with E-state index >= 15 is 0 Å². The lowest BCUT2D eigenvalue weighted by atomic mass is 9.86. The molecule has 2 aliphatic rings. The third-order valence-electron chi connectivity index (χ3n) is 6.90. The summed E-state index contributed by atoms with van der Waals surface area (Å²) < 4.78 is 5.63. The smallest absolute Gasteiger partial charge is 0.407 e. The lowest BCUT2D eigenvalue weighted by Gasteiger charge is -2.30. The van der Waals surface area contributed by atoms with Crippen LogP contribution in [0.4, 0.5) is 4.79 Å². The number of carboxylic acids is 1. The summed E-state index contributed by atoms with van der Waals surface area (Å²) in [5.74, 6) is -1.93. The normalized spacial score (nSPS) is 20.2. The summed E-state index contributed by atoms with van der Waals surface area (Å²) in [6.45, 7) is 5.52. The Balaban J connectivity index is 1.38. The van der Waals surface area contributed by atoms with Gasteiger partial charge in [-0.1, -0.05) is 75.7 Å². The number of nitrogens with one attached hydrogen (secondary N) is 2. The number of ether oxygens (including phenoxy) is 1. The Morgan fingerprint density at radius 3 is 2.15 bits per heavy atom. The highest BCUT2D eigenvalue weighted by atomic mass is 16.5. The highest BCUT2D eigenvalue weighted by molar-refractivity contribution is 5.86. The first kappa shape index (κ1) is 23.8. The maximum absolute atomic E-state index is 12.9. The molecule has 2 amide bonds. The van der Waals surface area contributed by atoms with Crippen LogP contribution in [0.2, 0.25) is 0 Å². The summed E-state index contributed by atoms with van der Waals surface area (Å²) >= 11 is 0. The Labute approximate surface area is 199 Å². The lowest BCUT2D eigenvalue weighted by Crippen LogP contribution is -2.53. The van der Waals surface area contributed by atoms with Crippen molar-refractivity contribution in [3.63, 3.8) is 0 Å². The first-order valence-corrected chi connectivity index (χ1v) is 11.8. The Morgan fingerprint density at radius 2 is 1.59 bits per heavy atom. The average molecular weight is 465 g/mol. The predicted octanol–water partition coefficient (Wildman–Crippen LogP) is 4.31. The summed E-state index contributed by atoms with van der Waals surface area (Å²) in [7, 11) is 0. The third kappa shape index (κ3) is 4.79. The van der Waals surface area contributed by atoms with Gasteiger partial charge in [-0.25, -0.2) is 9.59 Å². The highest BCUT2D eigenvalue weighted by Crippen LogP contribution is 2.44. The van der Waals surface area contributed by atoms with E-state index in [1.165, 1.54) is 0 Å². The van der Waals surface area contributed by atoms with Crippen molar-refractivity contribution < 1.29 is 24.2 Å². The van der Waals surface area contributed by atoms with Gasteiger partial charge in [-0.15, -0.1) is 0 Å². The van der Waals surface area contributed by atoms with Gasteiger partial charge in [0.25, 0.3) is 0 Å². The second-order valence-electron chi connectivity index (χ2n) is 10.3. The summed E-state index contributed by atoms with van der Waals surface area (Å²) in [5.41, 5.74) is 3.96. The monoisotopic (exact) mass is 464 g/mol. The topological polar surface area (TPSA) is 105 Å². The van der Waals surface area contributed by atoms with Gasteiger partial charge in [0.05, 0.1) is 5.92 Å². The molecule has 2 aromatic rings. The second-order valence-corrected chi connectivity index (χ2v) is 10.3. The van der Waals surface area contributed by atoms with Crippen molar-refractivity contribution in [3.8, 4) is 11.1 Å². The molecule has 0 aromatic heterocycles. The first-order chi connectivity index (χ1) is 16.2. The molecule has 2 aliphatic carbocycles. The number of hydrogen-bond donors (Lipinski definition) is 3. The van der Waals surface area contributed by atoms with Gasteiger partial charge in [0.1, 0.15) is 12.6 Å². The van der Waals surface area contributed by atoms with E-state index in [9.17, 15) is 19.5 Å². The first-order valence-electron chi connectivity index (χ1n) is 11.8. The zero-order valence-corrected chi connectivity index (χ0v) is 19.8. The molecule has 0 aliphatic heterocycles. The summed E-state index contributed by atoms with van der Waals surface area (Å²) in [6.07, 6.45) is 1.46. The van der Waals surface area contributed by atoms with Crippen LogP contribution in [0.25, 0.3) is 11.1 Å². The minimum absolute atomic E-state index is 0.0380. The quantitative estimate of drug-likeness (QED) is 0.591. The predicted molar refractivity (Wildman–Crippen MR) is 128 cm³/mol. The van der Waals surface area contributed by atoms with E-state index in [0.717, 1.165) is 28.7 Å². The van der Waals surface area contributed by atoms with Crippen molar-refractivity contribution in [3.05, 3.63) is 59.7 Å². The van der Waals surface area contributed by atoms with Crippen molar-refractivity contribution in [2.45, 2.75) is 58.0 Å². The molecule has 7 nitrogen and oxygen atoms in total. The number of alkyl carbamates (subject to hydrolysis) is 1. The fraction of sp³-hybridized carbons (Fsp3) is 0.444. The molecular weight excluding hydrogens is 432 g/mol. The van der Waals surface area contributed by atoms with Gasteiger partial charge in [0.15, 0.2) is 0 Å². The number of rotatable bonds is 6. The van der Waals surface area contributed by atoms with E-state index in [2.05, 4.69) is 34.9 Å². The van der Waals surface area contributed by atoms with E-state index in [-0.39, 0.29) is 24.5 Å². The summed E-state index contributed by atoms with van der Waals surface area (Å²) in [4.78, 5) is 37.2. The van der Waals surface area contributed by atoms with Crippen molar-refractivity contribution >= 4 is 18.0 Å². The molecule has 0 saturated heterocycles. The molecule has 4 rings (SSSR count). The van der Waals surface area contributed by atoms with Crippen LogP contribution in [0.15, 0.2) is 48.5 Å². The largest absolute Gasteiger partial charge is 0.480 e. The van der Waals surface area contributed by atoms with E-state index in [1.807, 2.05) is 24.3 Å². The zero-order chi connectivity index (χ0) is 24.5. The molecule has 7 heteroatoms. The SMILES string of the molecule is CC(C)(C)[C@H](NC(=O)C1CCCC1NC(=O)OCC1c2ccccc2-c2ccccc21)C(=O)O. The van der Waals surface area contributed by atoms with E-state index in [4.69, 9.17) is 4.74 Å². The zero-order valence-electron chi connectivity index (χ0n) is 19.8. The molecule has 3 atom stereocenters. The van der Waals surface area contributed by atoms with Gasteiger partial charge < -0.3 is 20.5 Å². The maximum Gasteiger partial charge on any atom is 0.407 e. The van der Waals surface area contributed by atoms with E-state index in [1.54, 1.807) is 20.8 Å². The van der Waals surface area contributed by atoms with Crippen LogP contribution in [-0.2, 0) is 14.3 Å². The molecule has 2 unspecified atom stereocenters. The summed E-state index contributed by atoms with van der Waals surface area (Å²) in [5, 5.41) is 15.0. The van der Waals surface area contributed by atoms with Gasteiger partial charge in [0.2, 0.25) is 5.91 Å². The van der Waals surface area contributed by atoms with Crippen LogP contribution >= 0.6 is 0 Å². The number of amides is 2. The van der Waals surface area contributed by atoms with E-state index in [0.29, 0.717) is 12.8 Å². The Morgan fingerprint density at radius 1 is 1.00 bits per heavy atom. The minimum atomic E-state index is -1.07. The molecule has 34 heavy (non-hydrogen) atoms. The van der Waals surface area contributed by atoms with Gasteiger partial charge in [-0.3, -0.25) is 4.79 Å². The van der Waals surface area contributed by atoms with Gasteiger partial charge in [-0.2, -0.15) is 0 Å². The molecular formula is C27H32N2O5. The molecule has 1 saturated carbocycles. The average Bonchev–Trinajstić information content (AvgIpc) is 3.37. The number of carboxylic acid groups (broad SMARTS) is 1. The standard InChI is InChI=1S/C27H32N2O5/c1-27(2,3)23(25(31)32)29-24(30)20-13-8-14-22(20)28-26(33)34-15-21-18-11-6-4-9-16(18)17-10-5-7-12-19(17)21/h4-7,9-12,20-23H,8,13-15H2,1-3H3,(H,28,33)(H,29,30)(H,31,32)/t20?,22?,23-/m1/s1. The Kier molecular flexibility index (Phi) is 6.64. The summed E-state index contributed by atoms with van der Waals surface area (Å²) in [6, 6.07) is 14.9. The van der Waals surface area contributed by atoms with Crippen LogP contribution < -0.4 is 10.6 Å². The van der Waals surface area contributed by atoms with Gasteiger partial charge in [-0.05, 0) is 40.5 Å². The number of carbonyl (C=O) groups is 3. The molecule has 0 bridgehead atoms. The van der Waals surface area contributed by atoms with Crippen LogP contribution in [-0.4, -0.2) is 41.8 Å². The molecule has 180 valence electrons. The van der Waals surface area contributed by atoms with Crippen LogP contribution in [0.5, 0.6) is 0 Å². The second kappa shape index (κ2) is 9.49. The molecule has 0 spiro atoms. The molecule has 0 heterocycles. The number of aliphatic carboxylic acids is 1. The molecule has 2 aromatic carbocycles. The molecule has 0 radical (unpaired) electrons. The Bertz CT molecular complexity index is 1040. The Hall–Kier alpha value is -3.35.